The molecule has 2 heterocycles. The van der Waals surface area contributed by atoms with Crippen molar-refractivity contribution in [2.75, 3.05) is 19.6 Å². The number of nitrogens with zero attached hydrogens (tertiary/aromatic N) is 2. The fourth-order valence-corrected chi connectivity index (χ4v) is 3.52. The molecule has 1 aromatic heterocycles. The van der Waals surface area contributed by atoms with Gasteiger partial charge >= 0.3 is 0 Å². The van der Waals surface area contributed by atoms with Gasteiger partial charge in [-0.25, -0.2) is 0 Å². The quantitative estimate of drug-likeness (QED) is 0.879. The Morgan fingerprint density at radius 1 is 1.27 bits per heavy atom. The first-order valence-corrected chi connectivity index (χ1v) is 9.23. The maximum absolute atomic E-state index is 13.2. The van der Waals surface area contributed by atoms with E-state index in [0.717, 1.165) is 29.3 Å². The van der Waals surface area contributed by atoms with E-state index in [0.29, 0.717) is 30.9 Å². The number of aryl methyl sites for hydroxylation is 2. The third-order valence-corrected chi connectivity index (χ3v) is 5.20. The van der Waals surface area contributed by atoms with Gasteiger partial charge in [-0.05, 0) is 38.3 Å². The van der Waals surface area contributed by atoms with Crippen LogP contribution in [0.25, 0.3) is 10.9 Å². The number of hydrogen-bond acceptors (Lipinski definition) is 4. The average Bonchev–Trinajstić information content (AvgIpc) is 3.45. The zero-order valence-electron chi connectivity index (χ0n) is 15.2. The number of amides is 2. The molecule has 0 unspecified atom stereocenters. The molecule has 1 atom stereocenters. The number of fused-ring (bicyclic) bond motifs is 1. The summed E-state index contributed by atoms with van der Waals surface area (Å²) >= 11 is 0. The largest absolute Gasteiger partial charge is 0.352 e. The van der Waals surface area contributed by atoms with E-state index in [-0.39, 0.29) is 17.9 Å². The van der Waals surface area contributed by atoms with Gasteiger partial charge in [0, 0.05) is 31.1 Å². The molecule has 6 nitrogen and oxygen atoms in total. The van der Waals surface area contributed by atoms with Crippen molar-refractivity contribution >= 4 is 22.7 Å². The van der Waals surface area contributed by atoms with E-state index in [1.54, 1.807) is 4.90 Å². The van der Waals surface area contributed by atoms with E-state index in [9.17, 15) is 9.59 Å². The lowest BCUT2D eigenvalue weighted by Gasteiger charge is -2.35. The van der Waals surface area contributed by atoms with Crippen molar-refractivity contribution in [3.8, 4) is 0 Å². The number of hydrogen-bond donors (Lipinski definition) is 2. The Bertz CT molecular complexity index is 875. The van der Waals surface area contributed by atoms with Crippen molar-refractivity contribution in [2.24, 2.45) is 0 Å². The van der Waals surface area contributed by atoms with E-state index in [1.165, 1.54) is 0 Å². The number of rotatable bonds is 3. The van der Waals surface area contributed by atoms with Crippen LogP contribution in [0.2, 0.25) is 0 Å². The van der Waals surface area contributed by atoms with Crippen LogP contribution < -0.4 is 10.6 Å². The molecule has 136 valence electrons. The molecule has 4 rings (SSSR count). The standard InChI is InChI=1S/C20H24N4O2/c1-12-4-3-5-14-10-16(13(2)22-18(12)14)20(26)24-9-8-21-11-17(24)19(25)23-15-6-7-15/h3-5,10,15,17,21H,6-9,11H2,1-2H3,(H,23,25)/t17-/m0/s1. The summed E-state index contributed by atoms with van der Waals surface area (Å²) < 4.78 is 0. The second kappa shape index (κ2) is 6.68. The molecule has 0 radical (unpaired) electrons. The van der Waals surface area contributed by atoms with Gasteiger partial charge in [0.25, 0.3) is 5.91 Å². The molecule has 2 N–H and O–H groups in total. The SMILES string of the molecule is Cc1nc2c(C)cccc2cc1C(=O)N1CCNC[C@H]1C(=O)NC1CC1. The first kappa shape index (κ1) is 17.0. The Balaban J connectivity index is 1.65. The Morgan fingerprint density at radius 2 is 2.08 bits per heavy atom. The van der Waals surface area contributed by atoms with Crippen molar-refractivity contribution in [3.05, 3.63) is 41.1 Å². The third-order valence-electron chi connectivity index (χ3n) is 5.20. The van der Waals surface area contributed by atoms with Gasteiger partial charge in [0.2, 0.25) is 5.91 Å². The van der Waals surface area contributed by atoms with Crippen LogP contribution in [-0.4, -0.2) is 53.4 Å². The molecule has 0 spiro atoms. The van der Waals surface area contributed by atoms with Crippen molar-refractivity contribution in [1.82, 2.24) is 20.5 Å². The predicted octanol–water partition coefficient (Wildman–Crippen LogP) is 1.54. The summed E-state index contributed by atoms with van der Waals surface area (Å²) in [6.07, 6.45) is 2.07. The van der Waals surface area contributed by atoms with Crippen LogP contribution in [0.1, 0.15) is 34.5 Å². The van der Waals surface area contributed by atoms with Gasteiger partial charge in [-0.2, -0.15) is 0 Å². The molecule has 1 aliphatic heterocycles. The fraction of sp³-hybridized carbons (Fsp3) is 0.450. The summed E-state index contributed by atoms with van der Waals surface area (Å²) in [7, 11) is 0. The normalized spacial score (nSPS) is 20.2. The summed E-state index contributed by atoms with van der Waals surface area (Å²) in [6.45, 7) is 5.58. The lowest BCUT2D eigenvalue weighted by Crippen LogP contribution is -2.59. The van der Waals surface area contributed by atoms with Crippen LogP contribution in [0.3, 0.4) is 0 Å². The molecule has 6 heteroatoms. The number of benzene rings is 1. The third kappa shape index (κ3) is 3.17. The molecule has 2 aromatic rings. The van der Waals surface area contributed by atoms with Crippen LogP contribution in [0.4, 0.5) is 0 Å². The minimum Gasteiger partial charge on any atom is -0.352 e. The molecule has 1 saturated heterocycles. The number of aromatic nitrogens is 1. The minimum atomic E-state index is -0.468. The van der Waals surface area contributed by atoms with Gasteiger partial charge < -0.3 is 15.5 Å². The van der Waals surface area contributed by atoms with E-state index in [1.807, 2.05) is 38.1 Å². The van der Waals surface area contributed by atoms with Gasteiger partial charge in [0.05, 0.1) is 16.8 Å². The number of pyridine rings is 1. The second-order valence-electron chi connectivity index (χ2n) is 7.27. The summed E-state index contributed by atoms with van der Waals surface area (Å²) in [5.74, 6) is -0.175. The number of nitrogens with one attached hydrogen (secondary N) is 2. The molecule has 1 saturated carbocycles. The lowest BCUT2D eigenvalue weighted by atomic mass is 10.0. The molecular weight excluding hydrogens is 328 g/mol. The average molecular weight is 352 g/mol. The topological polar surface area (TPSA) is 74.3 Å². The smallest absolute Gasteiger partial charge is 0.256 e. The minimum absolute atomic E-state index is 0.0599. The summed E-state index contributed by atoms with van der Waals surface area (Å²) in [4.78, 5) is 32.2. The molecule has 1 aliphatic carbocycles. The number of carbonyl (C=O) groups excluding carboxylic acids is 2. The predicted molar refractivity (Wildman–Crippen MR) is 100 cm³/mol. The zero-order chi connectivity index (χ0) is 18.3. The Kier molecular flexibility index (Phi) is 4.36. The van der Waals surface area contributed by atoms with E-state index < -0.39 is 6.04 Å². The first-order valence-electron chi connectivity index (χ1n) is 9.23. The molecule has 1 aromatic carbocycles. The number of para-hydroxylation sites is 1. The van der Waals surface area contributed by atoms with Crippen molar-refractivity contribution in [3.63, 3.8) is 0 Å². The maximum atomic E-state index is 13.2. The Labute approximate surface area is 153 Å². The van der Waals surface area contributed by atoms with Crippen molar-refractivity contribution in [2.45, 2.75) is 38.8 Å². The second-order valence-corrected chi connectivity index (χ2v) is 7.27. The first-order chi connectivity index (χ1) is 12.5. The summed E-state index contributed by atoms with van der Waals surface area (Å²) in [6, 6.07) is 7.69. The molecule has 2 amide bonds. The van der Waals surface area contributed by atoms with E-state index >= 15 is 0 Å². The molecule has 0 bridgehead atoms. The van der Waals surface area contributed by atoms with Crippen LogP contribution in [0.5, 0.6) is 0 Å². The zero-order valence-corrected chi connectivity index (χ0v) is 15.2. The molecular formula is C20H24N4O2. The van der Waals surface area contributed by atoms with Crippen LogP contribution in [0, 0.1) is 13.8 Å². The van der Waals surface area contributed by atoms with Gasteiger partial charge in [-0.1, -0.05) is 18.2 Å². The fourth-order valence-electron chi connectivity index (χ4n) is 3.52. The highest BCUT2D eigenvalue weighted by Gasteiger charge is 2.35. The van der Waals surface area contributed by atoms with Crippen LogP contribution >= 0.6 is 0 Å². The monoisotopic (exact) mass is 352 g/mol. The highest BCUT2D eigenvalue weighted by molar-refractivity contribution is 6.01. The van der Waals surface area contributed by atoms with E-state index in [4.69, 9.17) is 0 Å². The van der Waals surface area contributed by atoms with Crippen molar-refractivity contribution in [1.29, 1.82) is 0 Å². The Morgan fingerprint density at radius 3 is 2.85 bits per heavy atom. The number of carbonyl (C=O) groups is 2. The van der Waals surface area contributed by atoms with Gasteiger partial charge in [0.1, 0.15) is 6.04 Å². The van der Waals surface area contributed by atoms with Crippen molar-refractivity contribution < 1.29 is 9.59 Å². The van der Waals surface area contributed by atoms with E-state index in [2.05, 4.69) is 15.6 Å². The highest BCUT2D eigenvalue weighted by atomic mass is 16.2. The van der Waals surface area contributed by atoms with Crippen LogP contribution in [-0.2, 0) is 4.79 Å². The maximum Gasteiger partial charge on any atom is 0.256 e. The molecule has 26 heavy (non-hydrogen) atoms. The molecule has 2 fully saturated rings. The van der Waals surface area contributed by atoms with Gasteiger partial charge in [-0.15, -0.1) is 0 Å². The lowest BCUT2D eigenvalue weighted by molar-refractivity contribution is -0.126. The summed E-state index contributed by atoms with van der Waals surface area (Å²) in [5, 5.41) is 7.20. The number of piperazine rings is 1. The molecule has 2 aliphatic rings. The van der Waals surface area contributed by atoms with Gasteiger partial charge in [-0.3, -0.25) is 14.6 Å². The summed E-state index contributed by atoms with van der Waals surface area (Å²) in [5.41, 5.74) is 3.30. The van der Waals surface area contributed by atoms with Gasteiger partial charge in [0.15, 0.2) is 0 Å². The van der Waals surface area contributed by atoms with Crippen LogP contribution in [0.15, 0.2) is 24.3 Å². The Hall–Kier alpha value is -2.47. The highest BCUT2D eigenvalue weighted by Crippen LogP contribution is 2.23.